The number of nitro benzene ring substituents is 1. The van der Waals surface area contributed by atoms with Crippen molar-refractivity contribution in [1.29, 1.82) is 0 Å². The van der Waals surface area contributed by atoms with Gasteiger partial charge in [-0.15, -0.1) is 5.10 Å². The molecule has 9 nitrogen and oxygen atoms in total. The number of hydrogen-bond acceptors (Lipinski definition) is 6. The molecule has 2 heterocycles. The van der Waals surface area contributed by atoms with E-state index < -0.39 is 11.0 Å². The molecule has 1 aromatic heterocycles. The van der Waals surface area contributed by atoms with Gasteiger partial charge in [0.05, 0.1) is 21.3 Å². The average molecular weight is 601 g/mol. The number of likely N-dealkylation sites (tertiary alicyclic amines) is 1. The number of piperidine rings is 1. The molecule has 1 N–H and O–H groups in total. The molecule has 0 bridgehead atoms. The fraction of sp³-hybridized carbons (Fsp3) is 0.214. The van der Waals surface area contributed by atoms with Crippen LogP contribution in [0.1, 0.15) is 18.4 Å². The van der Waals surface area contributed by atoms with Crippen LogP contribution in [0.3, 0.4) is 0 Å². The molecule has 0 unspecified atom stereocenters. The van der Waals surface area contributed by atoms with Gasteiger partial charge < -0.3 is 15.0 Å². The van der Waals surface area contributed by atoms with E-state index in [2.05, 4.69) is 5.32 Å². The predicted octanol–water partition coefficient (Wildman–Crippen LogP) is 7.79. The molecule has 3 aromatic carbocycles. The third kappa shape index (κ3) is 6.01. The van der Waals surface area contributed by atoms with Crippen LogP contribution in [0.5, 0.6) is 5.75 Å². The van der Waals surface area contributed by atoms with E-state index in [1.54, 1.807) is 21.7 Å². The molecule has 4 aromatic rings. The lowest BCUT2D eigenvalue weighted by Gasteiger charge is -2.31. The Morgan fingerprint density at radius 1 is 1.00 bits per heavy atom. The van der Waals surface area contributed by atoms with Crippen LogP contribution in [0.15, 0.2) is 66.7 Å². The maximum absolute atomic E-state index is 12.6. The summed E-state index contributed by atoms with van der Waals surface area (Å²) in [5.41, 5.74) is 3.36. The number of halogens is 3. The van der Waals surface area contributed by atoms with Crippen LogP contribution in [0, 0.1) is 17.0 Å². The van der Waals surface area contributed by atoms with Gasteiger partial charge in [0, 0.05) is 52.4 Å². The summed E-state index contributed by atoms with van der Waals surface area (Å²) in [5.74, 6) is 0.968. The first-order valence-corrected chi connectivity index (χ1v) is 13.6. The SMILES string of the molecule is Cc1c(NC2CCN(C(=O)Oc3ccc([N+](=O)[O-])cc3)CC2)nn(-c2ccc(Cl)cc2Cl)c1-c1ccc(Cl)cc1. The standard InChI is InChI=1S/C28H24Cl3N5O4/c1-17-26(18-2-4-19(29)5-3-18)35(25-11-6-20(30)16-24(25)31)33-27(17)32-21-12-14-34(15-13-21)28(37)40-23-9-7-22(8-10-23)36(38)39/h2-11,16,21H,12-15H2,1H3,(H,32,33). The Morgan fingerprint density at radius 2 is 1.65 bits per heavy atom. The summed E-state index contributed by atoms with van der Waals surface area (Å²) in [6, 6.07) is 18.3. The summed E-state index contributed by atoms with van der Waals surface area (Å²) in [6.07, 6.45) is 0.870. The second-order valence-electron chi connectivity index (χ2n) is 9.36. The molecule has 0 spiro atoms. The first kappa shape index (κ1) is 27.8. The summed E-state index contributed by atoms with van der Waals surface area (Å²) in [4.78, 5) is 24.6. The van der Waals surface area contributed by atoms with Crippen molar-refractivity contribution >= 4 is 52.4 Å². The van der Waals surface area contributed by atoms with Gasteiger partial charge in [-0.3, -0.25) is 10.1 Å². The topological polar surface area (TPSA) is 103 Å². The number of non-ortho nitro benzene ring substituents is 1. The molecule has 0 aliphatic carbocycles. The molecule has 0 radical (unpaired) electrons. The number of anilines is 1. The Balaban J connectivity index is 1.31. The normalized spacial score (nSPS) is 13.8. The van der Waals surface area contributed by atoms with E-state index in [1.807, 2.05) is 37.3 Å². The zero-order valence-electron chi connectivity index (χ0n) is 21.3. The predicted molar refractivity (Wildman–Crippen MR) is 156 cm³/mol. The number of rotatable bonds is 6. The Hall–Kier alpha value is -3.79. The third-order valence-corrected chi connectivity index (χ3v) is 7.51. The number of ether oxygens (including phenoxy) is 1. The van der Waals surface area contributed by atoms with Crippen molar-refractivity contribution in [2.45, 2.75) is 25.8 Å². The van der Waals surface area contributed by atoms with Crippen molar-refractivity contribution < 1.29 is 14.5 Å². The fourth-order valence-electron chi connectivity index (χ4n) is 4.61. The third-order valence-electron chi connectivity index (χ3n) is 6.72. The summed E-state index contributed by atoms with van der Waals surface area (Å²) < 4.78 is 7.21. The number of carbonyl (C=O) groups excluding carboxylic acids is 1. The number of amides is 1. The van der Waals surface area contributed by atoms with Gasteiger partial charge in [-0.1, -0.05) is 46.9 Å². The summed E-state index contributed by atoms with van der Waals surface area (Å²) in [7, 11) is 0. The van der Waals surface area contributed by atoms with Gasteiger partial charge in [0.15, 0.2) is 5.82 Å². The van der Waals surface area contributed by atoms with Crippen molar-refractivity contribution in [1.82, 2.24) is 14.7 Å². The monoisotopic (exact) mass is 599 g/mol. The highest BCUT2D eigenvalue weighted by molar-refractivity contribution is 6.35. The van der Waals surface area contributed by atoms with Crippen LogP contribution in [-0.4, -0.2) is 44.8 Å². The van der Waals surface area contributed by atoms with Crippen LogP contribution >= 0.6 is 34.8 Å². The minimum absolute atomic E-state index is 0.0676. The van der Waals surface area contributed by atoms with Crippen molar-refractivity contribution in [3.05, 3.63) is 97.5 Å². The lowest BCUT2D eigenvalue weighted by atomic mass is 10.0. The second-order valence-corrected chi connectivity index (χ2v) is 10.6. The van der Waals surface area contributed by atoms with E-state index in [4.69, 9.17) is 44.6 Å². The summed E-state index contributed by atoms with van der Waals surface area (Å²) >= 11 is 18.8. The van der Waals surface area contributed by atoms with Crippen LogP contribution < -0.4 is 10.1 Å². The quantitative estimate of drug-likeness (QED) is 0.179. The maximum atomic E-state index is 12.6. The van der Waals surface area contributed by atoms with Crippen LogP contribution in [0.25, 0.3) is 16.9 Å². The largest absolute Gasteiger partial charge is 0.415 e. The Kier molecular flexibility index (Phi) is 8.16. The summed E-state index contributed by atoms with van der Waals surface area (Å²) in [6.45, 7) is 2.96. The van der Waals surface area contributed by atoms with Crippen molar-refractivity contribution in [3.8, 4) is 22.7 Å². The van der Waals surface area contributed by atoms with E-state index >= 15 is 0 Å². The van der Waals surface area contributed by atoms with E-state index in [0.29, 0.717) is 52.5 Å². The molecule has 0 saturated carbocycles. The highest BCUT2D eigenvalue weighted by Crippen LogP contribution is 2.35. The number of nitro groups is 1. The van der Waals surface area contributed by atoms with Crippen molar-refractivity contribution in [3.63, 3.8) is 0 Å². The Labute approximate surface area is 245 Å². The second kappa shape index (κ2) is 11.8. The average Bonchev–Trinajstić information content (AvgIpc) is 3.25. The molecular weight excluding hydrogens is 577 g/mol. The molecule has 40 heavy (non-hydrogen) atoms. The van der Waals surface area contributed by atoms with Crippen LogP contribution in [0.2, 0.25) is 15.1 Å². The molecule has 0 atom stereocenters. The lowest BCUT2D eigenvalue weighted by molar-refractivity contribution is -0.384. The first-order valence-electron chi connectivity index (χ1n) is 12.5. The van der Waals surface area contributed by atoms with Gasteiger partial charge in [0.2, 0.25) is 0 Å². The molecular formula is C28H24Cl3N5O4. The molecule has 12 heteroatoms. The minimum Gasteiger partial charge on any atom is -0.410 e. The summed E-state index contributed by atoms with van der Waals surface area (Å²) in [5, 5.41) is 20.9. The smallest absolute Gasteiger partial charge is 0.410 e. The zero-order valence-corrected chi connectivity index (χ0v) is 23.6. The van der Waals surface area contributed by atoms with Crippen LogP contribution in [0.4, 0.5) is 16.3 Å². The molecule has 206 valence electrons. The number of nitrogens with one attached hydrogen (secondary N) is 1. The van der Waals surface area contributed by atoms with Gasteiger partial charge in [-0.2, -0.15) is 0 Å². The van der Waals surface area contributed by atoms with Crippen molar-refractivity contribution in [2.75, 3.05) is 18.4 Å². The first-order chi connectivity index (χ1) is 19.2. The lowest BCUT2D eigenvalue weighted by Crippen LogP contribution is -2.43. The van der Waals surface area contributed by atoms with Gasteiger partial charge in [-0.05, 0) is 62.2 Å². The van der Waals surface area contributed by atoms with E-state index in [-0.39, 0.29) is 17.5 Å². The molecule has 1 fully saturated rings. The minimum atomic E-state index is -0.503. The Morgan fingerprint density at radius 3 is 2.27 bits per heavy atom. The van der Waals surface area contributed by atoms with Gasteiger partial charge >= 0.3 is 6.09 Å². The van der Waals surface area contributed by atoms with Crippen LogP contribution in [-0.2, 0) is 0 Å². The fourth-order valence-corrected chi connectivity index (χ4v) is 5.22. The van der Waals surface area contributed by atoms with Crippen molar-refractivity contribution in [2.24, 2.45) is 0 Å². The molecule has 1 saturated heterocycles. The Bertz CT molecular complexity index is 1550. The highest BCUT2D eigenvalue weighted by Gasteiger charge is 2.27. The van der Waals surface area contributed by atoms with E-state index in [9.17, 15) is 14.9 Å². The van der Waals surface area contributed by atoms with E-state index in [0.717, 1.165) is 16.8 Å². The van der Waals surface area contributed by atoms with E-state index in [1.165, 1.54) is 24.3 Å². The number of hydrogen-bond donors (Lipinski definition) is 1. The highest BCUT2D eigenvalue weighted by atomic mass is 35.5. The number of aromatic nitrogens is 2. The van der Waals surface area contributed by atoms with Gasteiger partial charge in [0.25, 0.3) is 5.69 Å². The number of carbonyl (C=O) groups is 1. The zero-order chi connectivity index (χ0) is 28.4. The number of benzene rings is 3. The maximum Gasteiger partial charge on any atom is 0.415 e. The molecule has 1 aliphatic heterocycles. The molecule has 1 amide bonds. The molecule has 5 rings (SSSR count). The van der Waals surface area contributed by atoms with Gasteiger partial charge in [0.1, 0.15) is 5.75 Å². The molecule has 1 aliphatic rings. The number of nitrogens with zero attached hydrogens (tertiary/aromatic N) is 4. The van der Waals surface area contributed by atoms with Gasteiger partial charge in [-0.25, -0.2) is 9.48 Å².